The van der Waals surface area contributed by atoms with Crippen molar-refractivity contribution in [2.45, 2.75) is 19.3 Å². The van der Waals surface area contributed by atoms with Gasteiger partial charge < -0.3 is 5.32 Å². The Morgan fingerprint density at radius 1 is 0.935 bits per heavy atom. The number of amides is 1. The van der Waals surface area contributed by atoms with Crippen molar-refractivity contribution in [3.63, 3.8) is 0 Å². The summed E-state index contributed by atoms with van der Waals surface area (Å²) in [5.41, 5.74) is 3.01. The number of hydrogen-bond acceptors (Lipinski definition) is 2. The van der Waals surface area contributed by atoms with Gasteiger partial charge in [0.15, 0.2) is 0 Å². The number of carbonyl (C=O) groups is 1. The molecule has 0 unspecified atom stereocenters. The van der Waals surface area contributed by atoms with Gasteiger partial charge in [0, 0.05) is 25.0 Å². The number of aryl methyl sites for hydroxylation is 1. The van der Waals surface area contributed by atoms with Gasteiger partial charge in [-0.05, 0) is 71.9 Å². The standard InChI is InChI=1S/C26H24F2N2O/c27-23-11-3-9-21(17-23)25(22-10-4-12-24(28)18-22)13-5-14-26(31)30-16-2-1-7-20-8-6-15-29-19-20/h3-6,8-15,17-19H,1-2,7,16H2,(H,30,31)/b14-5+. The second-order valence-corrected chi connectivity index (χ2v) is 7.07. The highest BCUT2D eigenvalue weighted by molar-refractivity contribution is 5.89. The zero-order chi connectivity index (χ0) is 21.9. The molecule has 3 nitrogen and oxygen atoms in total. The number of nitrogens with zero attached hydrogens (tertiary/aromatic N) is 1. The summed E-state index contributed by atoms with van der Waals surface area (Å²) in [6.07, 6.45) is 11.0. The minimum atomic E-state index is -0.382. The van der Waals surface area contributed by atoms with Crippen molar-refractivity contribution in [3.8, 4) is 0 Å². The number of nitrogens with one attached hydrogen (secondary N) is 1. The molecule has 1 N–H and O–H groups in total. The van der Waals surface area contributed by atoms with Gasteiger partial charge in [0.1, 0.15) is 11.6 Å². The fourth-order valence-corrected chi connectivity index (χ4v) is 3.17. The quantitative estimate of drug-likeness (QED) is 0.284. The third-order valence-corrected chi connectivity index (χ3v) is 4.70. The number of rotatable bonds is 9. The number of benzene rings is 2. The molecule has 1 amide bonds. The number of hydrogen-bond donors (Lipinski definition) is 1. The topological polar surface area (TPSA) is 42.0 Å². The number of carbonyl (C=O) groups excluding carboxylic acids is 1. The lowest BCUT2D eigenvalue weighted by molar-refractivity contribution is -0.116. The summed E-state index contributed by atoms with van der Waals surface area (Å²) in [5, 5.41) is 2.85. The van der Waals surface area contributed by atoms with Gasteiger partial charge >= 0.3 is 0 Å². The van der Waals surface area contributed by atoms with Crippen LogP contribution in [0.4, 0.5) is 8.78 Å². The van der Waals surface area contributed by atoms with E-state index in [0.717, 1.165) is 19.3 Å². The molecule has 31 heavy (non-hydrogen) atoms. The van der Waals surface area contributed by atoms with Crippen molar-refractivity contribution in [3.05, 3.63) is 120 Å². The lowest BCUT2D eigenvalue weighted by atomic mass is 9.97. The van der Waals surface area contributed by atoms with E-state index in [0.29, 0.717) is 23.2 Å². The third kappa shape index (κ3) is 7.30. The molecule has 3 rings (SSSR count). The molecule has 0 fully saturated rings. The Kier molecular flexibility index (Phi) is 8.23. The summed E-state index contributed by atoms with van der Waals surface area (Å²) in [7, 11) is 0. The Labute approximate surface area is 181 Å². The molecule has 0 aliphatic carbocycles. The van der Waals surface area contributed by atoms with Crippen LogP contribution < -0.4 is 5.32 Å². The fraction of sp³-hybridized carbons (Fsp3) is 0.154. The van der Waals surface area contributed by atoms with Crippen LogP contribution in [0.2, 0.25) is 0 Å². The maximum Gasteiger partial charge on any atom is 0.243 e. The highest BCUT2D eigenvalue weighted by atomic mass is 19.1. The Hall–Kier alpha value is -3.60. The number of aromatic nitrogens is 1. The Morgan fingerprint density at radius 3 is 2.26 bits per heavy atom. The van der Waals surface area contributed by atoms with Crippen molar-refractivity contribution in [1.29, 1.82) is 0 Å². The highest BCUT2D eigenvalue weighted by Crippen LogP contribution is 2.24. The van der Waals surface area contributed by atoms with Gasteiger partial charge in [-0.1, -0.05) is 42.5 Å². The normalized spacial score (nSPS) is 10.8. The predicted molar refractivity (Wildman–Crippen MR) is 119 cm³/mol. The molecule has 1 aromatic heterocycles. The second kappa shape index (κ2) is 11.6. The van der Waals surface area contributed by atoms with E-state index in [1.54, 1.807) is 42.6 Å². The van der Waals surface area contributed by atoms with E-state index in [2.05, 4.69) is 10.3 Å². The summed E-state index contributed by atoms with van der Waals surface area (Å²) < 4.78 is 27.4. The minimum Gasteiger partial charge on any atom is -0.353 e. The monoisotopic (exact) mass is 418 g/mol. The van der Waals surface area contributed by atoms with Crippen LogP contribution in [0.5, 0.6) is 0 Å². The zero-order valence-corrected chi connectivity index (χ0v) is 17.1. The van der Waals surface area contributed by atoms with Crippen molar-refractivity contribution in [2.24, 2.45) is 0 Å². The first kappa shape index (κ1) is 22.1. The highest BCUT2D eigenvalue weighted by Gasteiger charge is 2.07. The van der Waals surface area contributed by atoms with Gasteiger partial charge in [-0.15, -0.1) is 0 Å². The summed E-state index contributed by atoms with van der Waals surface area (Å²) in [4.78, 5) is 16.2. The first-order valence-corrected chi connectivity index (χ1v) is 10.2. The second-order valence-electron chi connectivity index (χ2n) is 7.07. The molecule has 0 atom stereocenters. The minimum absolute atomic E-state index is 0.213. The summed E-state index contributed by atoms with van der Waals surface area (Å²) in [6, 6.07) is 16.1. The van der Waals surface area contributed by atoms with Crippen LogP contribution in [0.15, 0.2) is 91.3 Å². The van der Waals surface area contributed by atoms with Gasteiger partial charge in [0.05, 0.1) is 0 Å². The molecule has 2 aromatic carbocycles. The van der Waals surface area contributed by atoms with Gasteiger partial charge in [-0.3, -0.25) is 9.78 Å². The summed E-state index contributed by atoms with van der Waals surface area (Å²) >= 11 is 0. The predicted octanol–water partition coefficient (Wildman–Crippen LogP) is 5.49. The fourth-order valence-electron chi connectivity index (χ4n) is 3.17. The van der Waals surface area contributed by atoms with Crippen molar-refractivity contribution < 1.29 is 13.6 Å². The molecule has 3 aromatic rings. The van der Waals surface area contributed by atoms with E-state index < -0.39 is 0 Å². The van der Waals surface area contributed by atoms with Gasteiger partial charge in [-0.25, -0.2) is 8.78 Å². The van der Waals surface area contributed by atoms with Crippen molar-refractivity contribution in [1.82, 2.24) is 10.3 Å². The van der Waals surface area contributed by atoms with Gasteiger partial charge in [0.25, 0.3) is 0 Å². The SMILES string of the molecule is O=C(/C=C/C=C(c1cccc(F)c1)c1cccc(F)c1)NCCCCc1cccnc1. The summed E-state index contributed by atoms with van der Waals surface area (Å²) in [5.74, 6) is -0.976. The van der Waals surface area contributed by atoms with Gasteiger partial charge in [0.2, 0.25) is 5.91 Å². The first-order valence-electron chi connectivity index (χ1n) is 10.2. The average molecular weight is 418 g/mol. The molecule has 158 valence electrons. The van der Waals surface area contributed by atoms with Crippen LogP contribution in [-0.4, -0.2) is 17.4 Å². The number of unbranched alkanes of at least 4 members (excludes halogenated alkanes) is 1. The smallest absolute Gasteiger partial charge is 0.243 e. The Bertz CT molecular complexity index is 1010. The maximum absolute atomic E-state index is 13.7. The van der Waals surface area contributed by atoms with E-state index in [1.807, 2.05) is 18.3 Å². The van der Waals surface area contributed by atoms with E-state index in [-0.39, 0.29) is 17.5 Å². The van der Waals surface area contributed by atoms with E-state index in [4.69, 9.17) is 0 Å². The molecule has 0 aliphatic rings. The third-order valence-electron chi connectivity index (χ3n) is 4.70. The molecule has 0 spiro atoms. The van der Waals surface area contributed by atoms with Crippen molar-refractivity contribution in [2.75, 3.05) is 6.54 Å². The lowest BCUT2D eigenvalue weighted by Gasteiger charge is -2.08. The van der Waals surface area contributed by atoms with Crippen LogP contribution in [0, 0.1) is 11.6 Å². The van der Waals surface area contributed by atoms with E-state index >= 15 is 0 Å². The molecule has 5 heteroatoms. The van der Waals surface area contributed by atoms with Crippen LogP contribution in [0.1, 0.15) is 29.5 Å². The first-order chi connectivity index (χ1) is 15.1. The Morgan fingerprint density at radius 2 is 1.65 bits per heavy atom. The number of allylic oxidation sites excluding steroid dienone is 2. The molecule has 1 heterocycles. The van der Waals surface area contributed by atoms with E-state index in [9.17, 15) is 13.6 Å². The molecule has 0 saturated heterocycles. The number of pyridine rings is 1. The van der Waals surface area contributed by atoms with Crippen molar-refractivity contribution >= 4 is 11.5 Å². The average Bonchev–Trinajstić information content (AvgIpc) is 2.77. The van der Waals surface area contributed by atoms with Gasteiger partial charge in [-0.2, -0.15) is 0 Å². The molecular formula is C26H24F2N2O. The largest absolute Gasteiger partial charge is 0.353 e. The van der Waals surface area contributed by atoms with Crippen LogP contribution in [0.3, 0.4) is 0 Å². The van der Waals surface area contributed by atoms with E-state index in [1.165, 1.54) is 35.9 Å². The lowest BCUT2D eigenvalue weighted by Crippen LogP contribution is -2.22. The van der Waals surface area contributed by atoms with Crippen LogP contribution >= 0.6 is 0 Å². The number of halogens is 2. The zero-order valence-electron chi connectivity index (χ0n) is 17.1. The summed E-state index contributed by atoms with van der Waals surface area (Å²) in [6.45, 7) is 0.577. The van der Waals surface area contributed by atoms with Crippen LogP contribution in [0.25, 0.3) is 5.57 Å². The Balaban J connectivity index is 1.58. The molecule has 0 aliphatic heterocycles. The molecule has 0 saturated carbocycles. The molecule has 0 radical (unpaired) electrons. The maximum atomic E-state index is 13.7. The molecule has 0 bridgehead atoms. The van der Waals surface area contributed by atoms with Crippen LogP contribution in [-0.2, 0) is 11.2 Å². The molecular weight excluding hydrogens is 394 g/mol.